The highest BCUT2D eigenvalue weighted by atomic mass is 16.6. The molecule has 0 aliphatic rings. The van der Waals surface area contributed by atoms with E-state index in [-0.39, 0.29) is 11.8 Å². The van der Waals surface area contributed by atoms with E-state index in [0.29, 0.717) is 24.7 Å². The maximum atomic E-state index is 10.6. The summed E-state index contributed by atoms with van der Waals surface area (Å²) in [5, 5.41) is 24.3. The van der Waals surface area contributed by atoms with Gasteiger partial charge in [0.1, 0.15) is 11.8 Å². The molecule has 0 aliphatic heterocycles. The smallest absolute Gasteiger partial charge is 0.279 e. The van der Waals surface area contributed by atoms with Crippen LogP contribution in [0.2, 0.25) is 0 Å². The van der Waals surface area contributed by atoms with Crippen molar-refractivity contribution in [2.45, 2.75) is 20.0 Å². The van der Waals surface area contributed by atoms with Gasteiger partial charge in [0.25, 0.3) is 11.6 Å². The first-order valence-corrected chi connectivity index (χ1v) is 7.21. The quantitative estimate of drug-likeness (QED) is 0.408. The van der Waals surface area contributed by atoms with Crippen LogP contribution in [0.3, 0.4) is 0 Å². The van der Waals surface area contributed by atoms with Crippen LogP contribution in [-0.4, -0.2) is 41.0 Å². The first-order chi connectivity index (χ1) is 11.1. The molecule has 0 saturated carbocycles. The molecule has 1 aromatic heterocycles. The molecule has 0 amide bonds. The van der Waals surface area contributed by atoms with Gasteiger partial charge in [-0.2, -0.15) is 0 Å². The summed E-state index contributed by atoms with van der Waals surface area (Å²) in [7, 11) is 0. The summed E-state index contributed by atoms with van der Waals surface area (Å²) in [5.41, 5.74) is 1.54. The Bertz CT molecular complexity index is 628. The number of ether oxygens (including phenoxy) is 1. The van der Waals surface area contributed by atoms with Crippen LogP contribution in [0.4, 0.5) is 11.4 Å². The number of nitrogens with zero attached hydrogens (tertiary/aromatic N) is 3. The Labute approximate surface area is 133 Å². The third-order valence-electron chi connectivity index (χ3n) is 3.06. The number of anilines is 1. The van der Waals surface area contributed by atoms with Gasteiger partial charge in [-0.1, -0.05) is 5.16 Å². The summed E-state index contributed by atoms with van der Waals surface area (Å²) in [6, 6.07) is 6.31. The summed E-state index contributed by atoms with van der Waals surface area (Å²) in [4.78, 5) is 10.1. The van der Waals surface area contributed by atoms with Crippen LogP contribution in [0.25, 0.3) is 0 Å². The normalized spacial score (nSPS) is 11.9. The third-order valence-corrected chi connectivity index (χ3v) is 3.06. The van der Waals surface area contributed by atoms with Crippen LogP contribution in [0, 0.1) is 17.0 Å². The number of non-ortho nitro benzene ring substituents is 1. The fourth-order valence-corrected chi connectivity index (χ4v) is 1.86. The maximum absolute atomic E-state index is 10.6. The van der Waals surface area contributed by atoms with Gasteiger partial charge >= 0.3 is 0 Å². The van der Waals surface area contributed by atoms with Gasteiger partial charge < -0.3 is 15.4 Å². The van der Waals surface area contributed by atoms with Gasteiger partial charge in [0, 0.05) is 37.5 Å². The summed E-state index contributed by atoms with van der Waals surface area (Å²) in [5.74, 6) is 0.406. The Hall–Kier alpha value is -2.68. The van der Waals surface area contributed by atoms with Gasteiger partial charge in [0.2, 0.25) is 0 Å². The molecule has 2 N–H and O–H groups in total. The lowest BCUT2D eigenvalue weighted by molar-refractivity contribution is -0.384. The monoisotopic (exact) mass is 321 g/mol. The van der Waals surface area contributed by atoms with Crippen LogP contribution in [0.1, 0.15) is 12.6 Å². The number of benzene rings is 1. The minimum absolute atomic E-state index is 0.0695. The van der Waals surface area contributed by atoms with Gasteiger partial charge in [-0.3, -0.25) is 10.1 Å². The number of hydrogen-bond donors (Lipinski definition) is 2. The highest BCUT2D eigenvalue weighted by molar-refractivity contribution is 5.48. The van der Waals surface area contributed by atoms with E-state index < -0.39 is 4.92 Å². The molecule has 0 aliphatic carbocycles. The summed E-state index contributed by atoms with van der Waals surface area (Å²) in [6.07, 6.45) is -0.0695. The van der Waals surface area contributed by atoms with E-state index in [2.05, 4.69) is 25.6 Å². The standard InChI is InChI=1S/C14H19N5O4/c1-10(22-14-11(2)17-23-18-14)9-15-7-8-16-12-3-5-13(6-4-12)19(20)21/h3-6,10,15-16H,7-9H2,1-2H3/t10-/m0/s1. The number of aryl methyl sites for hydroxylation is 1. The van der Waals surface area contributed by atoms with E-state index in [4.69, 9.17) is 4.74 Å². The van der Waals surface area contributed by atoms with E-state index in [1.54, 1.807) is 19.1 Å². The third kappa shape index (κ3) is 5.22. The van der Waals surface area contributed by atoms with Gasteiger partial charge in [-0.05, 0) is 31.1 Å². The largest absolute Gasteiger partial charge is 0.470 e. The van der Waals surface area contributed by atoms with E-state index in [0.717, 1.165) is 12.2 Å². The first kappa shape index (κ1) is 16.7. The van der Waals surface area contributed by atoms with E-state index in [1.807, 2.05) is 6.92 Å². The van der Waals surface area contributed by atoms with Crippen molar-refractivity contribution < 1.29 is 14.3 Å². The molecular formula is C14H19N5O4. The second-order valence-corrected chi connectivity index (χ2v) is 5.02. The van der Waals surface area contributed by atoms with Crippen LogP contribution in [0.15, 0.2) is 28.9 Å². The molecule has 9 heteroatoms. The van der Waals surface area contributed by atoms with Gasteiger partial charge in [0.05, 0.1) is 4.92 Å². The lowest BCUT2D eigenvalue weighted by atomic mass is 10.3. The zero-order valence-corrected chi connectivity index (χ0v) is 13.0. The molecule has 1 aromatic carbocycles. The van der Waals surface area contributed by atoms with Gasteiger partial charge in [-0.15, -0.1) is 0 Å². The lowest BCUT2D eigenvalue weighted by Crippen LogP contribution is -2.32. The van der Waals surface area contributed by atoms with Crippen molar-refractivity contribution in [2.24, 2.45) is 0 Å². The summed E-state index contributed by atoms with van der Waals surface area (Å²) in [6.45, 7) is 5.75. The Kier molecular flexibility index (Phi) is 5.87. The first-order valence-electron chi connectivity index (χ1n) is 7.21. The molecule has 0 saturated heterocycles. The predicted octanol–water partition coefficient (Wildman–Crippen LogP) is 1.76. The van der Waals surface area contributed by atoms with Crippen molar-refractivity contribution in [1.82, 2.24) is 15.6 Å². The minimum Gasteiger partial charge on any atom is -0.470 e. The molecule has 0 unspecified atom stereocenters. The molecule has 2 rings (SSSR count). The average molecular weight is 321 g/mol. The van der Waals surface area contributed by atoms with Crippen molar-refractivity contribution in [2.75, 3.05) is 25.0 Å². The summed E-state index contributed by atoms with van der Waals surface area (Å²) < 4.78 is 10.1. The minimum atomic E-state index is -0.418. The van der Waals surface area contributed by atoms with Crippen molar-refractivity contribution in [3.05, 3.63) is 40.1 Å². The molecule has 9 nitrogen and oxygen atoms in total. The Morgan fingerprint density at radius 2 is 2.04 bits per heavy atom. The molecule has 1 heterocycles. The molecule has 0 spiro atoms. The number of nitro benzene ring substituents is 1. The van der Waals surface area contributed by atoms with Crippen molar-refractivity contribution in [3.8, 4) is 5.88 Å². The predicted molar refractivity (Wildman–Crippen MR) is 83.6 cm³/mol. The van der Waals surface area contributed by atoms with Crippen LogP contribution >= 0.6 is 0 Å². The highest BCUT2D eigenvalue weighted by Crippen LogP contribution is 2.15. The van der Waals surface area contributed by atoms with Crippen molar-refractivity contribution >= 4 is 11.4 Å². The lowest BCUT2D eigenvalue weighted by Gasteiger charge is -2.13. The van der Waals surface area contributed by atoms with E-state index in [1.165, 1.54) is 12.1 Å². The van der Waals surface area contributed by atoms with E-state index in [9.17, 15) is 10.1 Å². The molecule has 23 heavy (non-hydrogen) atoms. The zero-order valence-electron chi connectivity index (χ0n) is 13.0. The Morgan fingerprint density at radius 3 is 2.65 bits per heavy atom. The van der Waals surface area contributed by atoms with E-state index >= 15 is 0 Å². The highest BCUT2D eigenvalue weighted by Gasteiger charge is 2.10. The topological polar surface area (TPSA) is 115 Å². The van der Waals surface area contributed by atoms with Crippen LogP contribution in [-0.2, 0) is 0 Å². The summed E-state index contributed by atoms with van der Waals surface area (Å²) >= 11 is 0. The Balaban J connectivity index is 1.62. The second kappa shape index (κ2) is 8.08. The molecule has 2 aromatic rings. The van der Waals surface area contributed by atoms with Crippen molar-refractivity contribution in [1.29, 1.82) is 0 Å². The maximum Gasteiger partial charge on any atom is 0.279 e. The van der Waals surface area contributed by atoms with Crippen molar-refractivity contribution in [3.63, 3.8) is 0 Å². The molecule has 0 radical (unpaired) electrons. The number of aromatic nitrogens is 2. The number of nitrogens with one attached hydrogen (secondary N) is 2. The molecule has 0 bridgehead atoms. The average Bonchev–Trinajstić information content (AvgIpc) is 2.92. The molecule has 124 valence electrons. The second-order valence-electron chi connectivity index (χ2n) is 5.02. The van der Waals surface area contributed by atoms with Crippen LogP contribution in [0.5, 0.6) is 5.88 Å². The molecule has 1 atom stereocenters. The SMILES string of the molecule is Cc1nonc1O[C@@H](C)CNCCNc1ccc([N+](=O)[O-])cc1. The fourth-order valence-electron chi connectivity index (χ4n) is 1.86. The fraction of sp³-hybridized carbons (Fsp3) is 0.429. The molecular weight excluding hydrogens is 302 g/mol. The molecule has 0 fully saturated rings. The van der Waals surface area contributed by atoms with Crippen LogP contribution < -0.4 is 15.4 Å². The van der Waals surface area contributed by atoms with Gasteiger partial charge in [0.15, 0.2) is 0 Å². The number of nitro groups is 1. The number of hydrogen-bond acceptors (Lipinski definition) is 8. The Morgan fingerprint density at radius 1 is 1.30 bits per heavy atom. The van der Waals surface area contributed by atoms with Gasteiger partial charge in [-0.25, -0.2) is 4.63 Å². The number of rotatable bonds is 9. The zero-order chi connectivity index (χ0) is 16.7.